The summed E-state index contributed by atoms with van der Waals surface area (Å²) in [4.78, 5) is 28.8. The third-order valence-corrected chi connectivity index (χ3v) is 3.81. The highest BCUT2D eigenvalue weighted by Gasteiger charge is 2.28. The van der Waals surface area contributed by atoms with Crippen molar-refractivity contribution in [2.24, 2.45) is 0 Å². The second-order valence-electron chi connectivity index (χ2n) is 4.87. The number of aryl methyl sites for hydroxylation is 2. The molecule has 0 N–H and O–H groups in total. The number of rotatable bonds is 3. The van der Waals surface area contributed by atoms with Gasteiger partial charge in [-0.3, -0.25) is 4.98 Å². The van der Waals surface area contributed by atoms with Gasteiger partial charge in [-0.15, -0.1) is 0 Å². The number of hydrogen-bond acceptors (Lipinski definition) is 5. The molecule has 0 aliphatic carbocycles. The van der Waals surface area contributed by atoms with E-state index in [4.69, 9.17) is 21.1 Å². The molecule has 0 aliphatic rings. The molecule has 1 aromatic heterocycles. The summed E-state index contributed by atoms with van der Waals surface area (Å²) in [6, 6.07) is 6.95. The first-order valence-electron chi connectivity index (χ1n) is 6.85. The van der Waals surface area contributed by atoms with Crippen LogP contribution in [0.2, 0.25) is 5.02 Å². The molecule has 1 heterocycles. The van der Waals surface area contributed by atoms with Crippen LogP contribution < -0.4 is 0 Å². The zero-order chi connectivity index (χ0) is 17.1. The van der Waals surface area contributed by atoms with Crippen molar-refractivity contribution in [3.8, 4) is 11.1 Å². The van der Waals surface area contributed by atoms with Gasteiger partial charge in [0.15, 0.2) is 0 Å². The van der Waals surface area contributed by atoms with Crippen LogP contribution in [0.15, 0.2) is 24.3 Å². The van der Waals surface area contributed by atoms with Gasteiger partial charge in [0, 0.05) is 16.1 Å². The van der Waals surface area contributed by atoms with Crippen molar-refractivity contribution < 1.29 is 19.1 Å². The summed E-state index contributed by atoms with van der Waals surface area (Å²) in [5.74, 6) is -1.18. The molecule has 0 aliphatic heterocycles. The predicted octanol–water partition coefficient (Wildman–Crippen LogP) is 3.59. The summed E-state index contributed by atoms with van der Waals surface area (Å²) in [6.07, 6.45) is 0. The SMILES string of the molecule is COC(=O)c1c(C)nc(C)c(C(=O)OC)c1-c1ccccc1Cl. The normalized spacial score (nSPS) is 10.3. The van der Waals surface area contributed by atoms with E-state index in [2.05, 4.69) is 4.98 Å². The molecule has 0 saturated heterocycles. The highest BCUT2D eigenvalue weighted by atomic mass is 35.5. The van der Waals surface area contributed by atoms with Crippen molar-refractivity contribution in [3.05, 3.63) is 51.8 Å². The molecule has 2 rings (SSSR count). The van der Waals surface area contributed by atoms with Crippen LogP contribution in [-0.2, 0) is 9.47 Å². The van der Waals surface area contributed by atoms with Gasteiger partial charge in [-0.25, -0.2) is 9.59 Å². The van der Waals surface area contributed by atoms with Crippen LogP contribution in [0.1, 0.15) is 32.1 Å². The van der Waals surface area contributed by atoms with Crippen molar-refractivity contribution in [2.45, 2.75) is 13.8 Å². The van der Waals surface area contributed by atoms with Crippen LogP contribution in [0, 0.1) is 13.8 Å². The van der Waals surface area contributed by atoms with Gasteiger partial charge in [0.1, 0.15) is 0 Å². The van der Waals surface area contributed by atoms with Crippen LogP contribution in [0.3, 0.4) is 0 Å². The Balaban J connectivity index is 2.97. The molecule has 0 saturated carbocycles. The quantitative estimate of drug-likeness (QED) is 0.803. The van der Waals surface area contributed by atoms with Gasteiger partial charge in [-0.1, -0.05) is 29.8 Å². The Labute approximate surface area is 139 Å². The number of carbonyl (C=O) groups is 2. The summed E-state index contributed by atoms with van der Waals surface area (Å²) in [7, 11) is 2.55. The number of benzene rings is 1. The lowest BCUT2D eigenvalue weighted by atomic mass is 9.92. The minimum atomic E-state index is -0.588. The first-order chi connectivity index (χ1) is 10.9. The molecular formula is C17H16ClNO4. The van der Waals surface area contributed by atoms with E-state index < -0.39 is 11.9 Å². The van der Waals surface area contributed by atoms with E-state index in [1.165, 1.54) is 14.2 Å². The van der Waals surface area contributed by atoms with Crippen LogP contribution >= 0.6 is 11.6 Å². The highest BCUT2D eigenvalue weighted by molar-refractivity contribution is 6.34. The lowest BCUT2D eigenvalue weighted by Gasteiger charge is -2.17. The number of pyridine rings is 1. The molecular weight excluding hydrogens is 318 g/mol. The van der Waals surface area contributed by atoms with E-state index in [0.717, 1.165) is 0 Å². The minimum absolute atomic E-state index is 0.201. The Morgan fingerprint density at radius 1 is 0.957 bits per heavy atom. The summed E-state index contributed by atoms with van der Waals surface area (Å²) in [6.45, 7) is 3.36. The molecule has 23 heavy (non-hydrogen) atoms. The zero-order valence-corrected chi connectivity index (χ0v) is 14.0. The average Bonchev–Trinajstić information content (AvgIpc) is 2.53. The molecule has 0 radical (unpaired) electrons. The molecule has 0 unspecified atom stereocenters. The zero-order valence-electron chi connectivity index (χ0n) is 13.3. The third kappa shape index (κ3) is 3.05. The summed E-state index contributed by atoms with van der Waals surface area (Å²) in [5, 5.41) is 0.410. The molecule has 6 heteroatoms. The Kier molecular flexibility index (Phi) is 5.01. The smallest absolute Gasteiger partial charge is 0.340 e. The molecule has 5 nitrogen and oxygen atoms in total. The Hall–Kier alpha value is -2.40. The summed E-state index contributed by atoms with van der Waals surface area (Å²) < 4.78 is 9.71. The molecule has 0 bridgehead atoms. The van der Waals surface area contributed by atoms with E-state index in [0.29, 0.717) is 27.5 Å². The number of ether oxygens (including phenoxy) is 2. The van der Waals surface area contributed by atoms with Gasteiger partial charge in [0.2, 0.25) is 0 Å². The van der Waals surface area contributed by atoms with E-state index in [9.17, 15) is 9.59 Å². The lowest BCUT2D eigenvalue weighted by Crippen LogP contribution is -2.16. The van der Waals surface area contributed by atoms with Crippen LogP contribution in [-0.4, -0.2) is 31.1 Å². The number of aromatic nitrogens is 1. The van der Waals surface area contributed by atoms with Crippen LogP contribution in [0.4, 0.5) is 0 Å². The molecule has 0 atom stereocenters. The van der Waals surface area contributed by atoms with E-state index in [-0.39, 0.29) is 11.1 Å². The molecule has 0 amide bonds. The van der Waals surface area contributed by atoms with E-state index in [1.807, 2.05) is 0 Å². The maximum absolute atomic E-state index is 12.3. The maximum Gasteiger partial charge on any atom is 0.340 e. The fraction of sp³-hybridized carbons (Fsp3) is 0.235. The molecule has 0 spiro atoms. The first-order valence-corrected chi connectivity index (χ1v) is 7.22. The van der Waals surface area contributed by atoms with Crippen molar-refractivity contribution in [1.82, 2.24) is 4.98 Å². The lowest BCUT2D eigenvalue weighted by molar-refractivity contribution is 0.0599. The fourth-order valence-electron chi connectivity index (χ4n) is 2.49. The molecule has 2 aromatic rings. The molecule has 120 valence electrons. The predicted molar refractivity (Wildman–Crippen MR) is 86.8 cm³/mol. The van der Waals surface area contributed by atoms with Gasteiger partial charge in [0.05, 0.1) is 36.7 Å². The van der Waals surface area contributed by atoms with E-state index in [1.54, 1.807) is 38.1 Å². The van der Waals surface area contributed by atoms with Gasteiger partial charge in [-0.2, -0.15) is 0 Å². The first kappa shape index (κ1) is 17.0. The summed E-state index contributed by atoms with van der Waals surface area (Å²) >= 11 is 6.28. The van der Waals surface area contributed by atoms with Gasteiger partial charge in [-0.05, 0) is 19.9 Å². The van der Waals surface area contributed by atoms with E-state index >= 15 is 0 Å². The standard InChI is InChI=1S/C17H16ClNO4/c1-9-13(16(20)22-3)15(11-7-5-6-8-12(11)18)14(10(2)19-9)17(21)23-4/h5-8H,1-4H3. The minimum Gasteiger partial charge on any atom is -0.465 e. The number of esters is 2. The molecule has 0 fully saturated rings. The van der Waals surface area contributed by atoms with Crippen molar-refractivity contribution in [3.63, 3.8) is 0 Å². The monoisotopic (exact) mass is 333 g/mol. The van der Waals surface area contributed by atoms with Crippen molar-refractivity contribution in [1.29, 1.82) is 0 Å². The van der Waals surface area contributed by atoms with Crippen molar-refractivity contribution in [2.75, 3.05) is 14.2 Å². The summed E-state index contributed by atoms with van der Waals surface area (Å²) in [5.41, 5.74) is 2.23. The third-order valence-electron chi connectivity index (χ3n) is 3.48. The van der Waals surface area contributed by atoms with Gasteiger partial charge in [0.25, 0.3) is 0 Å². The largest absolute Gasteiger partial charge is 0.465 e. The molecule has 1 aromatic carbocycles. The Morgan fingerprint density at radius 2 is 1.43 bits per heavy atom. The number of halogens is 1. The Morgan fingerprint density at radius 3 is 1.87 bits per heavy atom. The van der Waals surface area contributed by atoms with Crippen LogP contribution in [0.25, 0.3) is 11.1 Å². The topological polar surface area (TPSA) is 65.5 Å². The second kappa shape index (κ2) is 6.79. The number of hydrogen-bond donors (Lipinski definition) is 0. The van der Waals surface area contributed by atoms with Gasteiger partial charge < -0.3 is 9.47 Å². The maximum atomic E-state index is 12.3. The number of carbonyl (C=O) groups excluding carboxylic acids is 2. The van der Waals surface area contributed by atoms with Crippen LogP contribution in [0.5, 0.6) is 0 Å². The fourth-order valence-corrected chi connectivity index (χ4v) is 2.72. The second-order valence-corrected chi connectivity index (χ2v) is 5.28. The average molecular weight is 334 g/mol. The van der Waals surface area contributed by atoms with Crippen molar-refractivity contribution >= 4 is 23.5 Å². The highest BCUT2D eigenvalue weighted by Crippen LogP contribution is 2.36. The van der Waals surface area contributed by atoms with Gasteiger partial charge >= 0.3 is 11.9 Å². The number of methoxy groups -OCH3 is 2. The Bertz CT molecular complexity index is 746. The number of nitrogens with zero attached hydrogens (tertiary/aromatic N) is 1.